The number of likely N-dealkylation sites (tertiary alicyclic amines) is 1. The zero-order chi connectivity index (χ0) is 23.6. The number of carbonyl (C=O) groups is 1. The molecule has 0 aliphatic carbocycles. The normalized spacial score (nSPS) is 20.1. The van der Waals surface area contributed by atoms with Crippen molar-refractivity contribution in [2.75, 3.05) is 71.2 Å². The van der Waals surface area contributed by atoms with Gasteiger partial charge in [-0.1, -0.05) is 6.92 Å². The van der Waals surface area contributed by atoms with Crippen LogP contribution < -0.4 is 15.2 Å². The van der Waals surface area contributed by atoms with E-state index in [1.807, 2.05) is 11.8 Å². The minimum absolute atomic E-state index is 0.0244. The summed E-state index contributed by atoms with van der Waals surface area (Å²) in [5, 5.41) is 0. The van der Waals surface area contributed by atoms with Crippen LogP contribution in [0.2, 0.25) is 0 Å². The van der Waals surface area contributed by atoms with E-state index in [0.29, 0.717) is 42.5 Å². The van der Waals surface area contributed by atoms with Gasteiger partial charge in [0, 0.05) is 44.5 Å². The van der Waals surface area contributed by atoms with E-state index >= 15 is 0 Å². The molecule has 8 nitrogen and oxygen atoms in total. The Morgan fingerprint density at radius 2 is 2.03 bits per heavy atom. The van der Waals surface area contributed by atoms with E-state index in [1.54, 1.807) is 31.0 Å². The first-order valence-corrected chi connectivity index (χ1v) is 13.1. The Labute approximate surface area is 202 Å². The van der Waals surface area contributed by atoms with Gasteiger partial charge in [-0.25, -0.2) is 0 Å². The molecule has 2 saturated heterocycles. The van der Waals surface area contributed by atoms with Crippen molar-refractivity contribution < 1.29 is 23.7 Å². The number of morpholine rings is 1. The van der Waals surface area contributed by atoms with Gasteiger partial charge in [0.25, 0.3) is 5.91 Å². The van der Waals surface area contributed by atoms with E-state index in [0.717, 1.165) is 57.9 Å². The number of benzene rings is 1. The molecule has 2 aliphatic heterocycles. The Kier molecular flexibility index (Phi) is 10.4. The van der Waals surface area contributed by atoms with Crippen LogP contribution in [-0.2, 0) is 9.47 Å². The van der Waals surface area contributed by atoms with Gasteiger partial charge < -0.3 is 29.6 Å². The summed E-state index contributed by atoms with van der Waals surface area (Å²) in [5.41, 5.74) is 7.17. The van der Waals surface area contributed by atoms with Crippen LogP contribution in [0.1, 0.15) is 43.5 Å². The zero-order valence-corrected chi connectivity index (χ0v) is 21.0. The Morgan fingerprint density at radius 1 is 1.24 bits per heavy atom. The van der Waals surface area contributed by atoms with Gasteiger partial charge in [0.15, 0.2) is 11.5 Å². The Morgan fingerprint density at radius 3 is 2.73 bits per heavy atom. The molecule has 1 amide bonds. The molecule has 0 saturated carbocycles. The number of nitrogen functional groups attached to an aromatic ring is 1. The smallest absolute Gasteiger partial charge is 0.256 e. The predicted molar refractivity (Wildman–Crippen MR) is 132 cm³/mol. The third-order valence-corrected chi connectivity index (χ3v) is 7.19. The molecule has 3 rings (SSSR count). The van der Waals surface area contributed by atoms with E-state index in [-0.39, 0.29) is 17.4 Å². The molecule has 0 spiro atoms. The summed E-state index contributed by atoms with van der Waals surface area (Å²) in [4.78, 5) is 17.8. The molecule has 33 heavy (non-hydrogen) atoms. The number of rotatable bonds is 12. The average molecular weight is 482 g/mol. The van der Waals surface area contributed by atoms with Crippen molar-refractivity contribution in [2.45, 2.75) is 44.6 Å². The molecule has 0 aromatic heterocycles. The van der Waals surface area contributed by atoms with Gasteiger partial charge in [0.05, 0.1) is 38.5 Å². The van der Waals surface area contributed by atoms with Crippen molar-refractivity contribution >= 4 is 23.4 Å². The fraction of sp³-hybridized carbons (Fsp3) is 0.708. The molecular weight excluding hydrogens is 442 g/mol. The lowest BCUT2D eigenvalue weighted by Gasteiger charge is -2.31. The number of hydrogen-bond donors (Lipinski definition) is 1. The first-order chi connectivity index (χ1) is 16.1. The lowest BCUT2D eigenvalue weighted by Crippen LogP contribution is -2.43. The fourth-order valence-corrected chi connectivity index (χ4v) is 5.48. The minimum Gasteiger partial charge on any atom is -0.493 e. The molecule has 9 heteroatoms. The van der Waals surface area contributed by atoms with Crippen LogP contribution in [0.3, 0.4) is 0 Å². The highest BCUT2D eigenvalue weighted by atomic mass is 32.2. The van der Waals surface area contributed by atoms with E-state index in [4.69, 9.17) is 24.7 Å². The van der Waals surface area contributed by atoms with Crippen molar-refractivity contribution in [2.24, 2.45) is 0 Å². The maximum absolute atomic E-state index is 13.5. The van der Waals surface area contributed by atoms with Gasteiger partial charge in [0.1, 0.15) is 5.44 Å². The largest absolute Gasteiger partial charge is 0.493 e. The summed E-state index contributed by atoms with van der Waals surface area (Å²) in [6.45, 7) is 10.5. The highest BCUT2D eigenvalue weighted by Crippen LogP contribution is 2.35. The van der Waals surface area contributed by atoms with Crippen molar-refractivity contribution in [3.63, 3.8) is 0 Å². The van der Waals surface area contributed by atoms with Crippen LogP contribution in [0.4, 0.5) is 5.69 Å². The molecule has 2 N–H and O–H groups in total. The number of thioether (sulfide) groups is 1. The molecule has 0 bridgehead atoms. The summed E-state index contributed by atoms with van der Waals surface area (Å²) in [6, 6.07) is 3.48. The summed E-state index contributed by atoms with van der Waals surface area (Å²) < 4.78 is 22.9. The molecule has 186 valence electrons. The molecule has 2 fully saturated rings. The number of ether oxygens (including phenoxy) is 4. The second-order valence-corrected chi connectivity index (χ2v) is 9.61. The van der Waals surface area contributed by atoms with Crippen LogP contribution in [0, 0.1) is 0 Å². The summed E-state index contributed by atoms with van der Waals surface area (Å²) in [5.74, 6) is 1.96. The molecule has 0 radical (unpaired) electrons. The molecule has 1 aromatic rings. The Hall–Kier alpha value is -1.68. The number of anilines is 1. The molecule has 2 heterocycles. The van der Waals surface area contributed by atoms with Gasteiger partial charge in [0.2, 0.25) is 0 Å². The zero-order valence-electron chi connectivity index (χ0n) is 20.2. The lowest BCUT2D eigenvalue weighted by molar-refractivity contribution is 0.0357. The highest BCUT2D eigenvalue weighted by molar-refractivity contribution is 7.99. The molecule has 2 atom stereocenters. The number of methoxy groups -OCH3 is 1. The van der Waals surface area contributed by atoms with Gasteiger partial charge in [-0.05, 0) is 38.0 Å². The second kappa shape index (κ2) is 13.3. The van der Waals surface area contributed by atoms with E-state index in [2.05, 4.69) is 11.8 Å². The quantitative estimate of drug-likeness (QED) is 0.277. The van der Waals surface area contributed by atoms with E-state index in [9.17, 15) is 4.79 Å². The molecule has 1 unspecified atom stereocenters. The minimum atomic E-state index is -0.0754. The summed E-state index contributed by atoms with van der Waals surface area (Å²) >= 11 is 1.75. The van der Waals surface area contributed by atoms with Crippen LogP contribution in [-0.4, -0.2) is 92.7 Å². The van der Waals surface area contributed by atoms with Gasteiger partial charge >= 0.3 is 0 Å². The van der Waals surface area contributed by atoms with E-state index < -0.39 is 0 Å². The summed E-state index contributed by atoms with van der Waals surface area (Å²) in [7, 11) is 1.59. The standard InChI is InChI=1S/C24H39N3O5S/c1-4-31-24(33-5-2)20-8-6-10-27(20)23(28)18-16-21(29-3)22(17-19(18)25)32-13-7-9-26-11-14-30-15-12-26/h16-17,20,24H,4-15,25H2,1-3H3/t20-,24?/m0/s1. The van der Waals surface area contributed by atoms with Crippen LogP contribution in [0.5, 0.6) is 11.5 Å². The maximum Gasteiger partial charge on any atom is 0.256 e. The SMILES string of the molecule is CCOC(SCC)[C@@H]1CCCN1C(=O)c1cc(OC)c(OCCCN2CCOCC2)cc1N. The Bertz CT molecular complexity index is 754. The fourth-order valence-electron chi connectivity index (χ4n) is 4.41. The number of nitrogens with zero attached hydrogens (tertiary/aromatic N) is 2. The molecule has 1 aromatic carbocycles. The highest BCUT2D eigenvalue weighted by Gasteiger charge is 2.36. The van der Waals surface area contributed by atoms with Crippen LogP contribution in [0.25, 0.3) is 0 Å². The summed E-state index contributed by atoms with van der Waals surface area (Å²) in [6.07, 6.45) is 2.80. The molecule has 2 aliphatic rings. The van der Waals surface area contributed by atoms with Crippen molar-refractivity contribution in [3.8, 4) is 11.5 Å². The number of nitrogens with two attached hydrogens (primary N) is 1. The third-order valence-electron chi connectivity index (χ3n) is 6.08. The van der Waals surface area contributed by atoms with E-state index in [1.165, 1.54) is 0 Å². The predicted octanol–water partition coefficient (Wildman–Crippen LogP) is 3.10. The monoisotopic (exact) mass is 481 g/mol. The first kappa shape index (κ1) is 25.9. The number of amides is 1. The van der Waals surface area contributed by atoms with Crippen molar-refractivity contribution in [3.05, 3.63) is 17.7 Å². The van der Waals surface area contributed by atoms with Crippen molar-refractivity contribution in [1.29, 1.82) is 0 Å². The van der Waals surface area contributed by atoms with Crippen molar-refractivity contribution in [1.82, 2.24) is 9.80 Å². The van der Waals surface area contributed by atoms with Crippen LogP contribution >= 0.6 is 11.8 Å². The topological polar surface area (TPSA) is 86.5 Å². The maximum atomic E-state index is 13.5. The third kappa shape index (κ3) is 6.91. The van der Waals surface area contributed by atoms with Crippen LogP contribution in [0.15, 0.2) is 12.1 Å². The van der Waals surface area contributed by atoms with Gasteiger partial charge in [-0.2, -0.15) is 0 Å². The number of hydrogen-bond acceptors (Lipinski definition) is 8. The number of carbonyl (C=O) groups excluding carboxylic acids is 1. The van der Waals surface area contributed by atoms with Gasteiger partial charge in [-0.15, -0.1) is 11.8 Å². The average Bonchev–Trinajstić information content (AvgIpc) is 3.32. The Balaban J connectivity index is 1.65. The first-order valence-electron chi connectivity index (χ1n) is 12.0. The second-order valence-electron chi connectivity index (χ2n) is 8.23. The lowest BCUT2D eigenvalue weighted by atomic mass is 10.1. The molecular formula is C24H39N3O5S. The van der Waals surface area contributed by atoms with Gasteiger partial charge in [-0.3, -0.25) is 9.69 Å².